The third-order valence-electron chi connectivity index (χ3n) is 1.31. The van der Waals surface area contributed by atoms with E-state index in [1.54, 1.807) is 6.07 Å². The summed E-state index contributed by atoms with van der Waals surface area (Å²) in [7, 11) is 0. The SMILES string of the molecule is CC(C)(C)c1ccc(F)o1. The van der Waals surface area contributed by atoms with E-state index < -0.39 is 6.01 Å². The molecule has 0 saturated carbocycles. The first-order valence-electron chi connectivity index (χ1n) is 3.26. The lowest BCUT2D eigenvalue weighted by molar-refractivity contribution is 0.303. The summed E-state index contributed by atoms with van der Waals surface area (Å²) >= 11 is 0. The predicted octanol–water partition coefficient (Wildman–Crippen LogP) is 2.72. The minimum Gasteiger partial charge on any atom is -0.436 e. The fourth-order valence-electron chi connectivity index (χ4n) is 0.717. The van der Waals surface area contributed by atoms with Crippen LogP contribution in [0.5, 0.6) is 0 Å². The topological polar surface area (TPSA) is 13.1 Å². The smallest absolute Gasteiger partial charge is 0.277 e. The van der Waals surface area contributed by atoms with Crippen molar-refractivity contribution in [2.45, 2.75) is 26.2 Å². The molecule has 0 aromatic carbocycles. The largest absolute Gasteiger partial charge is 0.436 e. The van der Waals surface area contributed by atoms with Gasteiger partial charge in [0.2, 0.25) is 0 Å². The minimum absolute atomic E-state index is 0.0929. The maximum absolute atomic E-state index is 12.3. The average Bonchev–Trinajstić information content (AvgIpc) is 2.11. The maximum Gasteiger partial charge on any atom is 0.277 e. The summed E-state index contributed by atoms with van der Waals surface area (Å²) in [5.41, 5.74) is -0.0929. The van der Waals surface area contributed by atoms with Crippen LogP contribution < -0.4 is 0 Å². The zero-order chi connectivity index (χ0) is 7.78. The molecule has 0 unspecified atom stereocenters. The van der Waals surface area contributed by atoms with E-state index in [2.05, 4.69) is 0 Å². The van der Waals surface area contributed by atoms with Gasteiger partial charge in [0, 0.05) is 11.5 Å². The summed E-state index contributed by atoms with van der Waals surface area (Å²) in [6, 6.07) is 2.49. The van der Waals surface area contributed by atoms with Gasteiger partial charge in [-0.1, -0.05) is 20.8 Å². The summed E-state index contributed by atoms with van der Waals surface area (Å²) in [6.07, 6.45) is 0. The molecule has 0 aliphatic carbocycles. The Kier molecular flexibility index (Phi) is 1.55. The lowest BCUT2D eigenvalue weighted by Crippen LogP contribution is -2.08. The molecule has 1 aromatic rings. The summed E-state index contributed by atoms with van der Waals surface area (Å²) in [5.74, 6) is 0.685. The molecule has 1 heterocycles. The van der Waals surface area contributed by atoms with Gasteiger partial charge < -0.3 is 4.42 Å². The van der Waals surface area contributed by atoms with Gasteiger partial charge in [0.05, 0.1) is 0 Å². The summed E-state index contributed by atoms with van der Waals surface area (Å²) in [6.45, 7) is 5.93. The molecule has 0 aliphatic heterocycles. The van der Waals surface area contributed by atoms with Crippen LogP contribution in [-0.2, 0) is 5.41 Å². The molecule has 10 heavy (non-hydrogen) atoms. The highest BCUT2D eigenvalue weighted by Gasteiger charge is 2.17. The second kappa shape index (κ2) is 2.11. The molecule has 0 spiro atoms. The van der Waals surface area contributed by atoms with Gasteiger partial charge in [-0.15, -0.1) is 0 Å². The Bertz CT molecular complexity index is 219. The van der Waals surface area contributed by atoms with Crippen molar-refractivity contribution in [2.75, 3.05) is 0 Å². The van der Waals surface area contributed by atoms with Crippen LogP contribution in [0.2, 0.25) is 0 Å². The number of rotatable bonds is 0. The molecule has 0 bridgehead atoms. The molecule has 0 atom stereocenters. The van der Waals surface area contributed by atoms with E-state index in [0.717, 1.165) is 0 Å². The van der Waals surface area contributed by atoms with Crippen LogP contribution in [0.4, 0.5) is 4.39 Å². The Balaban J connectivity index is 2.96. The van der Waals surface area contributed by atoms with E-state index in [4.69, 9.17) is 4.42 Å². The van der Waals surface area contributed by atoms with Gasteiger partial charge in [-0.25, -0.2) is 0 Å². The molecule has 1 nitrogen and oxygen atoms in total. The van der Waals surface area contributed by atoms with Crippen LogP contribution in [0.3, 0.4) is 0 Å². The van der Waals surface area contributed by atoms with Crippen molar-refractivity contribution in [3.8, 4) is 0 Å². The highest BCUT2D eigenvalue weighted by Crippen LogP contribution is 2.23. The molecule has 0 fully saturated rings. The van der Waals surface area contributed by atoms with Crippen molar-refractivity contribution >= 4 is 0 Å². The fourth-order valence-corrected chi connectivity index (χ4v) is 0.717. The van der Waals surface area contributed by atoms with Crippen LogP contribution in [0.1, 0.15) is 26.5 Å². The molecular weight excluding hydrogens is 131 g/mol. The Morgan fingerprint density at radius 1 is 1.30 bits per heavy atom. The van der Waals surface area contributed by atoms with Crippen LogP contribution in [-0.4, -0.2) is 0 Å². The van der Waals surface area contributed by atoms with E-state index in [1.165, 1.54) is 6.07 Å². The number of hydrogen-bond donors (Lipinski definition) is 0. The van der Waals surface area contributed by atoms with Gasteiger partial charge in [-0.2, -0.15) is 4.39 Å². The van der Waals surface area contributed by atoms with Gasteiger partial charge in [-0.3, -0.25) is 0 Å². The van der Waals surface area contributed by atoms with Crippen molar-refractivity contribution in [3.63, 3.8) is 0 Å². The van der Waals surface area contributed by atoms with E-state index in [1.807, 2.05) is 20.8 Å². The molecule has 1 rings (SSSR count). The average molecular weight is 142 g/mol. The van der Waals surface area contributed by atoms with Crippen LogP contribution in [0, 0.1) is 6.01 Å². The second-order valence-electron chi connectivity index (χ2n) is 3.35. The van der Waals surface area contributed by atoms with Crippen LogP contribution in [0.25, 0.3) is 0 Å². The summed E-state index contributed by atoms with van der Waals surface area (Å²) in [5, 5.41) is 0. The zero-order valence-electron chi connectivity index (χ0n) is 6.44. The predicted molar refractivity (Wildman–Crippen MR) is 37.4 cm³/mol. The van der Waals surface area contributed by atoms with Crippen molar-refractivity contribution in [1.29, 1.82) is 0 Å². The molecular formula is C8H11FO. The van der Waals surface area contributed by atoms with E-state index >= 15 is 0 Å². The number of furan rings is 1. The van der Waals surface area contributed by atoms with Crippen molar-refractivity contribution in [2.24, 2.45) is 0 Å². The van der Waals surface area contributed by atoms with E-state index in [0.29, 0.717) is 5.76 Å². The van der Waals surface area contributed by atoms with Crippen molar-refractivity contribution in [1.82, 2.24) is 0 Å². The van der Waals surface area contributed by atoms with Gasteiger partial charge >= 0.3 is 0 Å². The van der Waals surface area contributed by atoms with Gasteiger partial charge in [0.1, 0.15) is 5.76 Å². The van der Waals surface area contributed by atoms with Gasteiger partial charge in [0.25, 0.3) is 6.01 Å². The lowest BCUT2D eigenvalue weighted by Gasteiger charge is -2.13. The summed E-state index contributed by atoms with van der Waals surface area (Å²) in [4.78, 5) is 0. The Labute approximate surface area is 59.9 Å². The number of halogens is 1. The lowest BCUT2D eigenvalue weighted by atomic mass is 9.94. The van der Waals surface area contributed by atoms with E-state index in [-0.39, 0.29) is 5.41 Å². The Morgan fingerprint density at radius 3 is 2.10 bits per heavy atom. The normalized spacial score (nSPS) is 12.0. The number of hydrogen-bond acceptors (Lipinski definition) is 1. The molecule has 2 heteroatoms. The monoisotopic (exact) mass is 142 g/mol. The Morgan fingerprint density at radius 2 is 1.90 bits per heavy atom. The van der Waals surface area contributed by atoms with Crippen molar-refractivity contribution in [3.05, 3.63) is 23.9 Å². The quantitative estimate of drug-likeness (QED) is 0.542. The minimum atomic E-state index is -0.509. The first-order valence-corrected chi connectivity index (χ1v) is 3.26. The molecule has 1 aromatic heterocycles. The van der Waals surface area contributed by atoms with E-state index in [9.17, 15) is 4.39 Å². The third kappa shape index (κ3) is 1.38. The van der Waals surface area contributed by atoms with Crippen LogP contribution in [0.15, 0.2) is 16.5 Å². The van der Waals surface area contributed by atoms with Crippen LogP contribution >= 0.6 is 0 Å². The summed E-state index contributed by atoms with van der Waals surface area (Å²) < 4.78 is 17.1. The standard InChI is InChI=1S/C8H11FO/c1-8(2,3)6-4-5-7(9)10-6/h4-5H,1-3H3. The first-order chi connectivity index (χ1) is 4.50. The first kappa shape index (κ1) is 7.32. The molecule has 0 aliphatic rings. The molecule has 56 valence electrons. The molecule has 0 N–H and O–H groups in total. The van der Waals surface area contributed by atoms with Gasteiger partial charge in [0.15, 0.2) is 0 Å². The zero-order valence-corrected chi connectivity index (χ0v) is 6.44. The molecule has 0 saturated heterocycles. The highest BCUT2D eigenvalue weighted by atomic mass is 19.1. The third-order valence-corrected chi connectivity index (χ3v) is 1.31. The van der Waals surface area contributed by atoms with Crippen molar-refractivity contribution < 1.29 is 8.81 Å². The second-order valence-corrected chi connectivity index (χ2v) is 3.35. The Hall–Kier alpha value is -0.790. The molecule has 0 amide bonds. The maximum atomic E-state index is 12.3. The fraction of sp³-hybridized carbons (Fsp3) is 0.500. The highest BCUT2D eigenvalue weighted by molar-refractivity contribution is 5.09. The molecule has 0 radical (unpaired) electrons. The van der Waals surface area contributed by atoms with Gasteiger partial charge in [-0.05, 0) is 6.07 Å².